The lowest BCUT2D eigenvalue weighted by Gasteiger charge is -2.49. The molecular weight excluding hydrogens is 457 g/mol. The highest BCUT2D eigenvalue weighted by atomic mass is 19.4. The van der Waals surface area contributed by atoms with Crippen LogP contribution in [0.1, 0.15) is 36.1 Å². The molecule has 9 heteroatoms. The first-order chi connectivity index (χ1) is 16.9. The maximum atomic E-state index is 13.2. The first-order valence-electron chi connectivity index (χ1n) is 12.2. The van der Waals surface area contributed by atoms with Gasteiger partial charge in [0.25, 0.3) is 0 Å². The van der Waals surface area contributed by atoms with Crippen molar-refractivity contribution in [2.24, 2.45) is 0 Å². The number of aryl methyl sites for hydroxylation is 1. The summed E-state index contributed by atoms with van der Waals surface area (Å²) in [5.74, 6) is -0.252. The SMILES string of the molecule is O=C(CCc1ncccc1C(F)(F)F)NCC1(N2CCN(Cc3ccccc3)CC2)CCOCC1. The standard InChI is InChI=1S/C26H33F3N4O2/c27-26(28,29)22-7-4-12-30-23(22)8-9-24(34)31-20-25(10-17-35-18-11-25)33-15-13-32(14-16-33)19-21-5-2-1-3-6-21/h1-7,12H,8-11,13-20H2,(H,31,34). The van der Waals surface area contributed by atoms with E-state index in [1.807, 2.05) is 6.07 Å². The normalized spacial score (nSPS) is 19.4. The van der Waals surface area contributed by atoms with Gasteiger partial charge in [0.05, 0.1) is 11.3 Å². The van der Waals surface area contributed by atoms with Crippen molar-refractivity contribution in [1.82, 2.24) is 20.1 Å². The topological polar surface area (TPSA) is 57.7 Å². The van der Waals surface area contributed by atoms with Crippen LogP contribution in [0.2, 0.25) is 0 Å². The molecule has 0 bridgehead atoms. The van der Waals surface area contributed by atoms with Gasteiger partial charge in [-0.25, -0.2) is 0 Å². The fraction of sp³-hybridized carbons (Fsp3) is 0.538. The van der Waals surface area contributed by atoms with Crippen LogP contribution in [0.3, 0.4) is 0 Å². The third-order valence-electron chi connectivity index (χ3n) is 7.11. The average Bonchev–Trinajstić information content (AvgIpc) is 2.87. The minimum Gasteiger partial charge on any atom is -0.381 e. The first-order valence-corrected chi connectivity index (χ1v) is 12.2. The number of hydrogen-bond donors (Lipinski definition) is 1. The molecule has 1 aromatic carbocycles. The molecule has 2 aliphatic rings. The summed E-state index contributed by atoms with van der Waals surface area (Å²) >= 11 is 0. The Balaban J connectivity index is 1.31. The summed E-state index contributed by atoms with van der Waals surface area (Å²) < 4.78 is 45.2. The average molecular weight is 491 g/mol. The number of benzene rings is 1. The predicted octanol–water partition coefficient (Wildman–Crippen LogP) is 3.52. The van der Waals surface area contributed by atoms with E-state index in [-0.39, 0.29) is 30.0 Å². The predicted molar refractivity (Wildman–Crippen MR) is 127 cm³/mol. The van der Waals surface area contributed by atoms with Gasteiger partial charge in [-0.2, -0.15) is 13.2 Å². The van der Waals surface area contributed by atoms with Gasteiger partial charge >= 0.3 is 6.18 Å². The number of piperazine rings is 1. The number of halogens is 3. The molecule has 0 radical (unpaired) electrons. The van der Waals surface area contributed by atoms with Gasteiger partial charge < -0.3 is 10.1 Å². The Labute approximate surface area is 204 Å². The minimum absolute atomic E-state index is 0.0302. The molecule has 0 atom stereocenters. The lowest BCUT2D eigenvalue weighted by molar-refractivity contribution is -0.138. The Morgan fingerprint density at radius 2 is 1.74 bits per heavy atom. The lowest BCUT2D eigenvalue weighted by Crippen LogP contribution is -2.63. The van der Waals surface area contributed by atoms with Crippen molar-refractivity contribution in [2.45, 2.75) is 43.9 Å². The van der Waals surface area contributed by atoms with Crippen LogP contribution in [-0.4, -0.2) is 72.2 Å². The molecule has 2 aromatic rings. The van der Waals surface area contributed by atoms with E-state index in [0.717, 1.165) is 51.6 Å². The second kappa shape index (κ2) is 11.5. The number of hydrogen-bond acceptors (Lipinski definition) is 5. The maximum Gasteiger partial charge on any atom is 0.418 e. The molecule has 2 fully saturated rings. The Morgan fingerprint density at radius 1 is 1.03 bits per heavy atom. The zero-order chi connectivity index (χ0) is 24.7. The number of nitrogens with zero attached hydrogens (tertiary/aromatic N) is 3. The van der Waals surface area contributed by atoms with E-state index in [1.165, 1.54) is 17.8 Å². The van der Waals surface area contributed by atoms with Crippen molar-refractivity contribution in [3.05, 3.63) is 65.5 Å². The Hall–Kier alpha value is -2.49. The summed E-state index contributed by atoms with van der Waals surface area (Å²) in [5, 5.41) is 3.01. The summed E-state index contributed by atoms with van der Waals surface area (Å²) in [6, 6.07) is 12.7. The van der Waals surface area contributed by atoms with Gasteiger partial charge in [0.2, 0.25) is 5.91 Å². The second-order valence-electron chi connectivity index (χ2n) is 9.36. The highest BCUT2D eigenvalue weighted by Gasteiger charge is 2.40. The van der Waals surface area contributed by atoms with Crippen LogP contribution >= 0.6 is 0 Å². The van der Waals surface area contributed by atoms with Crippen LogP contribution in [-0.2, 0) is 28.7 Å². The molecule has 0 aliphatic carbocycles. The molecule has 1 N–H and O–H groups in total. The molecule has 0 spiro atoms. The third-order valence-corrected chi connectivity index (χ3v) is 7.11. The Kier molecular flexibility index (Phi) is 8.41. The quantitative estimate of drug-likeness (QED) is 0.614. The van der Waals surface area contributed by atoms with Gasteiger partial charge in [0, 0.05) is 70.6 Å². The van der Waals surface area contributed by atoms with Crippen LogP contribution in [0.5, 0.6) is 0 Å². The van der Waals surface area contributed by atoms with Gasteiger partial charge in [-0.05, 0) is 37.0 Å². The maximum absolute atomic E-state index is 13.2. The Morgan fingerprint density at radius 3 is 2.43 bits per heavy atom. The van der Waals surface area contributed by atoms with Gasteiger partial charge in [-0.3, -0.25) is 19.6 Å². The largest absolute Gasteiger partial charge is 0.418 e. The van der Waals surface area contributed by atoms with Gasteiger partial charge in [-0.1, -0.05) is 30.3 Å². The van der Waals surface area contributed by atoms with E-state index in [4.69, 9.17) is 4.74 Å². The summed E-state index contributed by atoms with van der Waals surface area (Å²) in [5.41, 5.74) is 0.248. The molecule has 1 aromatic heterocycles. The zero-order valence-electron chi connectivity index (χ0n) is 19.9. The van der Waals surface area contributed by atoms with Crippen molar-refractivity contribution < 1.29 is 22.7 Å². The fourth-order valence-corrected chi connectivity index (χ4v) is 5.06. The van der Waals surface area contributed by atoms with Crippen LogP contribution in [0.4, 0.5) is 13.2 Å². The molecule has 2 aliphatic heterocycles. The molecule has 3 heterocycles. The first kappa shape index (κ1) is 25.6. The molecule has 2 saturated heterocycles. The highest BCUT2D eigenvalue weighted by Crippen LogP contribution is 2.32. The smallest absolute Gasteiger partial charge is 0.381 e. The molecule has 0 unspecified atom stereocenters. The van der Waals surface area contributed by atoms with Gasteiger partial charge in [0.1, 0.15) is 0 Å². The number of rotatable bonds is 8. The van der Waals surface area contributed by atoms with Crippen molar-refractivity contribution in [3.8, 4) is 0 Å². The number of alkyl halides is 3. The minimum atomic E-state index is -4.48. The van der Waals surface area contributed by atoms with Gasteiger partial charge in [0.15, 0.2) is 0 Å². The van der Waals surface area contributed by atoms with Crippen molar-refractivity contribution in [3.63, 3.8) is 0 Å². The number of amides is 1. The number of carbonyl (C=O) groups is 1. The summed E-state index contributed by atoms with van der Waals surface area (Å²) in [4.78, 5) is 21.4. The zero-order valence-corrected chi connectivity index (χ0v) is 19.9. The number of pyridine rings is 1. The van der Waals surface area contributed by atoms with Crippen molar-refractivity contribution >= 4 is 5.91 Å². The van der Waals surface area contributed by atoms with Crippen molar-refractivity contribution in [1.29, 1.82) is 0 Å². The monoisotopic (exact) mass is 490 g/mol. The van der Waals surface area contributed by atoms with Crippen LogP contribution < -0.4 is 5.32 Å². The molecule has 4 rings (SSSR count). The van der Waals surface area contributed by atoms with E-state index in [0.29, 0.717) is 19.8 Å². The van der Waals surface area contributed by atoms with Crippen molar-refractivity contribution in [2.75, 3.05) is 45.9 Å². The van der Waals surface area contributed by atoms with Gasteiger partial charge in [-0.15, -0.1) is 0 Å². The number of nitrogens with one attached hydrogen (secondary N) is 1. The van der Waals surface area contributed by atoms with Crippen LogP contribution in [0, 0.1) is 0 Å². The van der Waals surface area contributed by atoms with E-state index in [1.54, 1.807) is 0 Å². The van der Waals surface area contributed by atoms with Crippen LogP contribution in [0.25, 0.3) is 0 Å². The number of carbonyl (C=O) groups excluding carboxylic acids is 1. The van der Waals surface area contributed by atoms with E-state index in [9.17, 15) is 18.0 Å². The highest BCUT2D eigenvalue weighted by molar-refractivity contribution is 5.76. The molecule has 35 heavy (non-hydrogen) atoms. The summed E-state index contributed by atoms with van der Waals surface area (Å²) in [6.45, 7) is 6.40. The van der Waals surface area contributed by atoms with E-state index < -0.39 is 11.7 Å². The number of aromatic nitrogens is 1. The summed E-state index contributed by atoms with van der Waals surface area (Å²) in [6.07, 6.45) is -1.58. The lowest BCUT2D eigenvalue weighted by atomic mass is 9.87. The molecule has 190 valence electrons. The Bertz CT molecular complexity index is 957. The molecule has 1 amide bonds. The second-order valence-corrected chi connectivity index (χ2v) is 9.36. The van der Waals surface area contributed by atoms with E-state index >= 15 is 0 Å². The number of ether oxygens (including phenoxy) is 1. The third kappa shape index (κ3) is 6.80. The molecular formula is C26H33F3N4O2. The molecule has 0 saturated carbocycles. The molecule has 6 nitrogen and oxygen atoms in total. The summed E-state index contributed by atoms with van der Waals surface area (Å²) in [7, 11) is 0. The van der Waals surface area contributed by atoms with E-state index in [2.05, 4.69) is 44.4 Å². The van der Waals surface area contributed by atoms with Crippen LogP contribution in [0.15, 0.2) is 48.7 Å². The fourth-order valence-electron chi connectivity index (χ4n) is 5.06.